The molecule has 1 aromatic rings. The molecular weight excluding hydrogens is 291 g/mol. The van der Waals surface area contributed by atoms with Crippen LogP contribution >= 0.6 is 23.2 Å². The van der Waals surface area contributed by atoms with Gasteiger partial charge in [0.15, 0.2) is 6.10 Å². The molecule has 0 aliphatic carbocycles. The molecule has 5 nitrogen and oxygen atoms in total. The summed E-state index contributed by atoms with van der Waals surface area (Å²) in [7, 11) is 0. The van der Waals surface area contributed by atoms with Crippen molar-refractivity contribution in [3.63, 3.8) is 0 Å². The normalized spacial score (nSPS) is 16.2. The quantitative estimate of drug-likeness (QED) is 0.932. The summed E-state index contributed by atoms with van der Waals surface area (Å²) in [5.41, 5.74) is 0. The van der Waals surface area contributed by atoms with E-state index in [2.05, 4.69) is 5.32 Å². The number of nitrogens with one attached hydrogen (secondary N) is 1. The predicted molar refractivity (Wildman–Crippen MR) is 71.7 cm³/mol. The summed E-state index contributed by atoms with van der Waals surface area (Å²) in [5, 5.41) is 3.37. The second kappa shape index (κ2) is 5.67. The summed E-state index contributed by atoms with van der Waals surface area (Å²) in [6.07, 6.45) is -0.820. The van der Waals surface area contributed by atoms with Crippen LogP contribution in [0.25, 0.3) is 0 Å². The second-order valence-electron chi connectivity index (χ2n) is 4.06. The van der Waals surface area contributed by atoms with Gasteiger partial charge in [0.05, 0.1) is 5.02 Å². The van der Waals surface area contributed by atoms with Crippen LogP contribution < -0.4 is 10.1 Å². The third-order valence-corrected chi connectivity index (χ3v) is 3.21. The first-order valence-electron chi connectivity index (χ1n) is 5.70. The number of hydrogen-bond donors (Lipinski definition) is 1. The van der Waals surface area contributed by atoms with E-state index in [0.717, 1.165) is 4.90 Å². The summed E-state index contributed by atoms with van der Waals surface area (Å²) in [6.45, 7) is 2.36. The Hall–Kier alpha value is -1.46. The van der Waals surface area contributed by atoms with Crippen LogP contribution in [0.1, 0.15) is 6.92 Å². The van der Waals surface area contributed by atoms with E-state index in [0.29, 0.717) is 28.9 Å². The molecule has 1 atom stereocenters. The third kappa shape index (κ3) is 3.11. The number of benzene rings is 1. The zero-order valence-corrected chi connectivity index (χ0v) is 11.7. The predicted octanol–water partition coefficient (Wildman–Crippen LogP) is 2.31. The van der Waals surface area contributed by atoms with Crippen molar-refractivity contribution >= 4 is 35.1 Å². The zero-order chi connectivity index (χ0) is 14.0. The average Bonchev–Trinajstić information content (AvgIpc) is 2.79. The molecule has 0 spiro atoms. The molecule has 1 aliphatic rings. The van der Waals surface area contributed by atoms with Gasteiger partial charge in [0.2, 0.25) is 0 Å². The molecule has 0 bridgehead atoms. The van der Waals surface area contributed by atoms with Crippen LogP contribution in [0, 0.1) is 0 Å². The van der Waals surface area contributed by atoms with Crippen LogP contribution in [-0.2, 0) is 4.79 Å². The van der Waals surface area contributed by atoms with E-state index in [1.165, 1.54) is 6.07 Å². The maximum absolute atomic E-state index is 12.0. The Balaban J connectivity index is 2.08. The molecular formula is C12H12Cl2N2O3. The fourth-order valence-electron chi connectivity index (χ4n) is 1.71. The van der Waals surface area contributed by atoms with E-state index < -0.39 is 18.0 Å². The first-order valence-corrected chi connectivity index (χ1v) is 6.45. The Morgan fingerprint density at radius 1 is 1.47 bits per heavy atom. The van der Waals surface area contributed by atoms with Gasteiger partial charge in [-0.15, -0.1) is 0 Å². The maximum atomic E-state index is 12.0. The lowest BCUT2D eigenvalue weighted by atomic mass is 10.3. The highest BCUT2D eigenvalue weighted by Crippen LogP contribution is 2.28. The first kappa shape index (κ1) is 14.0. The van der Waals surface area contributed by atoms with Crippen molar-refractivity contribution in [2.75, 3.05) is 13.1 Å². The van der Waals surface area contributed by atoms with Gasteiger partial charge in [-0.25, -0.2) is 4.79 Å². The van der Waals surface area contributed by atoms with E-state index in [9.17, 15) is 9.59 Å². The molecule has 0 saturated carbocycles. The van der Waals surface area contributed by atoms with Crippen LogP contribution in [-0.4, -0.2) is 36.0 Å². The average molecular weight is 303 g/mol. The second-order valence-corrected chi connectivity index (χ2v) is 4.90. The Kier molecular flexibility index (Phi) is 4.17. The molecule has 0 aromatic heterocycles. The van der Waals surface area contributed by atoms with Gasteiger partial charge in [0.25, 0.3) is 5.91 Å². The van der Waals surface area contributed by atoms with Crippen LogP contribution in [0.4, 0.5) is 4.79 Å². The fraction of sp³-hybridized carbons (Fsp3) is 0.333. The number of nitrogens with zero attached hydrogens (tertiary/aromatic N) is 1. The van der Waals surface area contributed by atoms with Gasteiger partial charge in [0, 0.05) is 24.2 Å². The lowest BCUT2D eigenvalue weighted by Crippen LogP contribution is -2.42. The summed E-state index contributed by atoms with van der Waals surface area (Å²) < 4.78 is 5.46. The molecule has 1 saturated heterocycles. The minimum atomic E-state index is -0.820. The van der Waals surface area contributed by atoms with Crippen molar-refractivity contribution in [2.24, 2.45) is 0 Å². The van der Waals surface area contributed by atoms with Gasteiger partial charge >= 0.3 is 6.03 Å². The molecule has 7 heteroatoms. The highest BCUT2D eigenvalue weighted by atomic mass is 35.5. The molecule has 1 N–H and O–H groups in total. The molecule has 1 fully saturated rings. The highest BCUT2D eigenvalue weighted by Gasteiger charge is 2.30. The molecule has 19 heavy (non-hydrogen) atoms. The summed E-state index contributed by atoms with van der Waals surface area (Å²) >= 11 is 11.8. The number of ether oxygens (including phenoxy) is 1. The van der Waals surface area contributed by atoms with E-state index in [1.807, 2.05) is 0 Å². The first-order chi connectivity index (χ1) is 8.99. The van der Waals surface area contributed by atoms with Gasteiger partial charge in [0.1, 0.15) is 5.75 Å². The van der Waals surface area contributed by atoms with E-state index in [-0.39, 0.29) is 0 Å². The van der Waals surface area contributed by atoms with Crippen molar-refractivity contribution in [1.82, 2.24) is 10.2 Å². The largest absolute Gasteiger partial charge is 0.479 e. The van der Waals surface area contributed by atoms with Gasteiger partial charge in [-0.1, -0.05) is 23.2 Å². The molecule has 1 heterocycles. The van der Waals surface area contributed by atoms with E-state index >= 15 is 0 Å². The molecule has 1 aliphatic heterocycles. The van der Waals surface area contributed by atoms with Crippen molar-refractivity contribution in [3.8, 4) is 5.75 Å². The van der Waals surface area contributed by atoms with Gasteiger partial charge < -0.3 is 10.1 Å². The summed E-state index contributed by atoms with van der Waals surface area (Å²) in [4.78, 5) is 24.5. The molecule has 0 unspecified atom stereocenters. The number of amides is 3. The van der Waals surface area contributed by atoms with Gasteiger partial charge in [-0.05, 0) is 19.1 Å². The van der Waals surface area contributed by atoms with Crippen LogP contribution in [0.15, 0.2) is 18.2 Å². The van der Waals surface area contributed by atoms with Crippen molar-refractivity contribution in [2.45, 2.75) is 13.0 Å². The standard InChI is InChI=1S/C12H12Cl2N2O3/c1-7(11(17)16-5-4-15-12(16)18)19-10-6-8(13)2-3-9(10)14/h2-3,6-7H,4-5H2,1H3,(H,15,18)/t7-/m0/s1. The van der Waals surface area contributed by atoms with Crippen molar-refractivity contribution in [3.05, 3.63) is 28.2 Å². The Morgan fingerprint density at radius 2 is 2.21 bits per heavy atom. The molecule has 1 aromatic carbocycles. The SMILES string of the molecule is C[C@H](Oc1cc(Cl)ccc1Cl)C(=O)N1CCNC1=O. The van der Waals surface area contributed by atoms with Crippen LogP contribution in [0.2, 0.25) is 10.0 Å². The Morgan fingerprint density at radius 3 is 2.84 bits per heavy atom. The van der Waals surface area contributed by atoms with Crippen molar-refractivity contribution in [1.29, 1.82) is 0 Å². The fourth-order valence-corrected chi connectivity index (χ4v) is 2.03. The van der Waals surface area contributed by atoms with Crippen LogP contribution in [0.3, 0.4) is 0 Å². The summed E-state index contributed by atoms with van der Waals surface area (Å²) in [6, 6.07) is 4.33. The Bertz CT molecular complexity index is 522. The lowest BCUT2D eigenvalue weighted by molar-refractivity contribution is -0.134. The van der Waals surface area contributed by atoms with Crippen molar-refractivity contribution < 1.29 is 14.3 Å². The lowest BCUT2D eigenvalue weighted by Gasteiger charge is -2.19. The highest BCUT2D eigenvalue weighted by molar-refractivity contribution is 6.34. The molecule has 3 amide bonds. The number of hydrogen-bond acceptors (Lipinski definition) is 3. The summed E-state index contributed by atoms with van der Waals surface area (Å²) in [5.74, 6) is -0.0966. The number of urea groups is 1. The number of rotatable bonds is 3. The van der Waals surface area contributed by atoms with E-state index in [4.69, 9.17) is 27.9 Å². The monoisotopic (exact) mass is 302 g/mol. The minimum absolute atomic E-state index is 0.314. The van der Waals surface area contributed by atoms with Gasteiger partial charge in [-0.2, -0.15) is 0 Å². The number of carbonyl (C=O) groups excluding carboxylic acids is 2. The molecule has 0 radical (unpaired) electrons. The van der Waals surface area contributed by atoms with Gasteiger partial charge in [-0.3, -0.25) is 9.69 Å². The topological polar surface area (TPSA) is 58.6 Å². The van der Waals surface area contributed by atoms with E-state index in [1.54, 1.807) is 19.1 Å². The Labute approximate surface area is 120 Å². The maximum Gasteiger partial charge on any atom is 0.324 e. The smallest absolute Gasteiger partial charge is 0.324 e. The molecule has 102 valence electrons. The molecule has 2 rings (SSSR count). The number of imide groups is 1. The van der Waals surface area contributed by atoms with Crippen LogP contribution in [0.5, 0.6) is 5.75 Å². The zero-order valence-electron chi connectivity index (χ0n) is 10.2. The number of halogens is 2. The minimum Gasteiger partial charge on any atom is -0.479 e. The number of carbonyl (C=O) groups is 2. The third-order valence-electron chi connectivity index (χ3n) is 2.67.